The fraction of sp³-hybridized carbons (Fsp3) is 0.316. The van der Waals surface area contributed by atoms with Crippen LogP contribution in [0.3, 0.4) is 0 Å². The first-order valence-electron chi connectivity index (χ1n) is 8.04. The summed E-state index contributed by atoms with van der Waals surface area (Å²) in [4.78, 5) is 12.2. The van der Waals surface area contributed by atoms with Gasteiger partial charge in [0.2, 0.25) is 5.91 Å². The van der Waals surface area contributed by atoms with E-state index in [2.05, 4.69) is 5.32 Å². The van der Waals surface area contributed by atoms with Crippen molar-refractivity contribution >= 4 is 11.6 Å². The van der Waals surface area contributed by atoms with Crippen LogP contribution in [0.25, 0.3) is 0 Å². The molecule has 3 rings (SSSR count). The Labute approximate surface area is 136 Å². The Kier molecular flexibility index (Phi) is 4.93. The van der Waals surface area contributed by atoms with Crippen LogP contribution in [-0.2, 0) is 11.4 Å². The van der Waals surface area contributed by atoms with Crippen LogP contribution >= 0.6 is 0 Å². The quantitative estimate of drug-likeness (QED) is 0.890. The molecule has 1 fully saturated rings. The lowest BCUT2D eigenvalue weighted by molar-refractivity contribution is -0.119. The largest absolute Gasteiger partial charge is 0.489 e. The highest BCUT2D eigenvalue weighted by Crippen LogP contribution is 2.26. The molecule has 1 amide bonds. The van der Waals surface area contributed by atoms with Crippen molar-refractivity contribution in [1.29, 1.82) is 0 Å². The van der Waals surface area contributed by atoms with E-state index in [1.54, 1.807) is 0 Å². The number of hydrogen-bond acceptors (Lipinski definition) is 3. The summed E-state index contributed by atoms with van der Waals surface area (Å²) in [6.45, 7) is 0.534. The highest BCUT2D eigenvalue weighted by molar-refractivity contribution is 5.92. The van der Waals surface area contributed by atoms with Gasteiger partial charge in [-0.2, -0.15) is 0 Å². The summed E-state index contributed by atoms with van der Waals surface area (Å²) in [6, 6.07) is 17.7. The zero-order valence-electron chi connectivity index (χ0n) is 13.1. The standard InChI is InChI=1S/C19H22N2O2/c20-16-7-6-15(12-16)19(22)21-17-8-10-18(11-9-17)23-13-14-4-2-1-3-5-14/h1-5,8-11,15-16H,6-7,12-13,20H2,(H,21,22). The van der Waals surface area contributed by atoms with Crippen LogP contribution in [0.5, 0.6) is 5.75 Å². The van der Waals surface area contributed by atoms with Gasteiger partial charge >= 0.3 is 0 Å². The molecular formula is C19H22N2O2. The van der Waals surface area contributed by atoms with Crippen LogP contribution in [0.4, 0.5) is 5.69 Å². The number of hydrogen-bond donors (Lipinski definition) is 2. The van der Waals surface area contributed by atoms with Crippen molar-refractivity contribution in [1.82, 2.24) is 0 Å². The van der Waals surface area contributed by atoms with Gasteiger partial charge in [-0.1, -0.05) is 30.3 Å². The minimum Gasteiger partial charge on any atom is -0.489 e. The number of nitrogens with two attached hydrogens (primary N) is 1. The molecule has 1 aliphatic rings. The maximum Gasteiger partial charge on any atom is 0.227 e. The van der Waals surface area contributed by atoms with Gasteiger partial charge in [-0.05, 0) is 49.1 Å². The van der Waals surface area contributed by atoms with E-state index in [9.17, 15) is 4.79 Å². The normalized spacial score (nSPS) is 20.2. The number of carbonyl (C=O) groups excluding carboxylic acids is 1. The highest BCUT2D eigenvalue weighted by Gasteiger charge is 2.27. The van der Waals surface area contributed by atoms with E-state index in [0.717, 1.165) is 36.3 Å². The lowest BCUT2D eigenvalue weighted by atomic mass is 10.1. The average Bonchev–Trinajstić information content (AvgIpc) is 3.02. The summed E-state index contributed by atoms with van der Waals surface area (Å²) >= 11 is 0. The lowest BCUT2D eigenvalue weighted by Gasteiger charge is -2.11. The van der Waals surface area contributed by atoms with Crippen LogP contribution in [0, 0.1) is 5.92 Å². The second-order valence-corrected chi connectivity index (χ2v) is 6.06. The summed E-state index contributed by atoms with van der Waals surface area (Å²) in [5, 5.41) is 2.96. The minimum absolute atomic E-state index is 0.0407. The first kappa shape index (κ1) is 15.6. The Morgan fingerprint density at radius 2 is 1.83 bits per heavy atom. The smallest absolute Gasteiger partial charge is 0.227 e. The molecule has 4 nitrogen and oxygen atoms in total. The molecule has 0 aromatic heterocycles. The van der Waals surface area contributed by atoms with E-state index in [-0.39, 0.29) is 17.9 Å². The summed E-state index contributed by atoms with van der Waals surface area (Å²) in [5.74, 6) is 0.893. The molecule has 1 aliphatic carbocycles. The molecule has 4 heteroatoms. The van der Waals surface area contributed by atoms with Gasteiger partial charge in [-0.25, -0.2) is 0 Å². The van der Waals surface area contributed by atoms with Crippen molar-refractivity contribution in [3.05, 3.63) is 60.2 Å². The minimum atomic E-state index is 0.0407. The van der Waals surface area contributed by atoms with Crippen LogP contribution in [0.15, 0.2) is 54.6 Å². The zero-order valence-corrected chi connectivity index (χ0v) is 13.1. The van der Waals surface area contributed by atoms with E-state index in [1.165, 1.54) is 0 Å². The molecule has 120 valence electrons. The molecule has 23 heavy (non-hydrogen) atoms. The molecule has 0 saturated heterocycles. The lowest BCUT2D eigenvalue weighted by Crippen LogP contribution is -2.23. The predicted octanol–water partition coefficient (Wildman–Crippen LogP) is 3.33. The fourth-order valence-corrected chi connectivity index (χ4v) is 2.87. The summed E-state index contributed by atoms with van der Waals surface area (Å²) in [6.07, 6.45) is 2.60. The van der Waals surface area contributed by atoms with Gasteiger partial charge in [0.1, 0.15) is 12.4 Å². The third kappa shape index (κ3) is 4.33. The van der Waals surface area contributed by atoms with Gasteiger partial charge in [0.05, 0.1) is 0 Å². The number of ether oxygens (including phenoxy) is 1. The van der Waals surface area contributed by atoms with E-state index >= 15 is 0 Å². The highest BCUT2D eigenvalue weighted by atomic mass is 16.5. The van der Waals surface area contributed by atoms with Gasteiger partial charge in [0.25, 0.3) is 0 Å². The molecule has 2 aromatic carbocycles. The third-order valence-electron chi connectivity index (χ3n) is 4.21. The van der Waals surface area contributed by atoms with Crippen LogP contribution in [0.1, 0.15) is 24.8 Å². The molecule has 2 unspecified atom stereocenters. The van der Waals surface area contributed by atoms with Crippen LogP contribution < -0.4 is 15.8 Å². The molecule has 0 heterocycles. The first-order valence-corrected chi connectivity index (χ1v) is 8.04. The Morgan fingerprint density at radius 1 is 1.09 bits per heavy atom. The maximum absolute atomic E-state index is 12.2. The second-order valence-electron chi connectivity index (χ2n) is 6.06. The van der Waals surface area contributed by atoms with Crippen LogP contribution in [-0.4, -0.2) is 11.9 Å². The van der Waals surface area contributed by atoms with E-state index in [4.69, 9.17) is 10.5 Å². The molecule has 3 N–H and O–H groups in total. The predicted molar refractivity (Wildman–Crippen MR) is 91.2 cm³/mol. The number of rotatable bonds is 5. The van der Waals surface area contributed by atoms with E-state index < -0.39 is 0 Å². The fourth-order valence-electron chi connectivity index (χ4n) is 2.87. The van der Waals surface area contributed by atoms with Crippen molar-refractivity contribution < 1.29 is 9.53 Å². The Bertz CT molecular complexity index is 640. The SMILES string of the molecule is NC1CCC(C(=O)Nc2ccc(OCc3ccccc3)cc2)C1. The Hall–Kier alpha value is -2.33. The van der Waals surface area contributed by atoms with Gasteiger partial charge < -0.3 is 15.8 Å². The summed E-state index contributed by atoms with van der Waals surface area (Å²) in [5.41, 5.74) is 7.78. The molecule has 0 spiro atoms. The van der Waals surface area contributed by atoms with Crippen molar-refractivity contribution in [2.24, 2.45) is 11.7 Å². The molecule has 1 saturated carbocycles. The summed E-state index contributed by atoms with van der Waals surface area (Å²) < 4.78 is 5.74. The van der Waals surface area contributed by atoms with Gasteiger partial charge in [-0.15, -0.1) is 0 Å². The Balaban J connectivity index is 1.51. The second kappa shape index (κ2) is 7.29. The van der Waals surface area contributed by atoms with Gasteiger partial charge in [0.15, 0.2) is 0 Å². The monoisotopic (exact) mass is 310 g/mol. The number of carbonyl (C=O) groups is 1. The number of amides is 1. The molecule has 0 radical (unpaired) electrons. The van der Waals surface area contributed by atoms with E-state index in [1.807, 2.05) is 54.6 Å². The number of anilines is 1. The maximum atomic E-state index is 12.2. The number of nitrogens with one attached hydrogen (secondary N) is 1. The average molecular weight is 310 g/mol. The van der Waals surface area contributed by atoms with E-state index in [0.29, 0.717) is 6.61 Å². The van der Waals surface area contributed by atoms with Crippen molar-refractivity contribution in [2.45, 2.75) is 31.9 Å². The first-order chi connectivity index (χ1) is 11.2. The molecule has 0 aliphatic heterocycles. The third-order valence-corrected chi connectivity index (χ3v) is 4.21. The van der Waals surface area contributed by atoms with Crippen LogP contribution in [0.2, 0.25) is 0 Å². The molecular weight excluding hydrogens is 288 g/mol. The van der Waals surface area contributed by atoms with Gasteiger partial charge in [-0.3, -0.25) is 4.79 Å². The molecule has 2 atom stereocenters. The molecule has 0 bridgehead atoms. The Morgan fingerprint density at radius 3 is 2.48 bits per heavy atom. The van der Waals surface area contributed by atoms with Crippen molar-refractivity contribution in [3.8, 4) is 5.75 Å². The van der Waals surface area contributed by atoms with Crippen molar-refractivity contribution in [2.75, 3.05) is 5.32 Å². The molecule has 2 aromatic rings. The topological polar surface area (TPSA) is 64.4 Å². The zero-order chi connectivity index (χ0) is 16.1. The van der Waals surface area contributed by atoms with Gasteiger partial charge in [0, 0.05) is 17.6 Å². The number of benzene rings is 2. The summed E-state index contributed by atoms with van der Waals surface area (Å²) in [7, 11) is 0. The van der Waals surface area contributed by atoms with Crippen molar-refractivity contribution in [3.63, 3.8) is 0 Å².